The van der Waals surface area contributed by atoms with Crippen LogP contribution in [0.5, 0.6) is 0 Å². The second-order valence-electron chi connectivity index (χ2n) is 9.18. The fraction of sp³-hybridized carbons (Fsp3) is 0.619. The minimum absolute atomic E-state index is 0.198. The smallest absolute Gasteiger partial charge is 0.447 e. The van der Waals surface area contributed by atoms with Crippen molar-refractivity contribution in [1.29, 1.82) is 0 Å². The van der Waals surface area contributed by atoms with E-state index in [9.17, 15) is 19.8 Å². The Bertz CT molecular complexity index is 1020. The van der Waals surface area contributed by atoms with Gasteiger partial charge in [0, 0.05) is 0 Å². The van der Waals surface area contributed by atoms with Crippen LogP contribution in [0.25, 0.3) is 5.52 Å². The zero-order valence-electron chi connectivity index (χ0n) is 19.4. The highest BCUT2D eigenvalue weighted by atomic mass is 16.7. The fourth-order valence-corrected chi connectivity index (χ4v) is 3.50. The summed E-state index contributed by atoms with van der Waals surface area (Å²) >= 11 is 0. The van der Waals surface area contributed by atoms with E-state index in [4.69, 9.17) is 18.9 Å². The topological polar surface area (TPSA) is 154 Å². The molecule has 4 atom stereocenters. The molecule has 1 amide bonds. The number of hydrogen-bond donors (Lipinski definition) is 3. The Kier molecular flexibility index (Phi) is 6.82. The molecular formula is C21H30N4O8. The number of nitrogens with zero attached hydrogens (tertiary/aromatic N) is 3. The number of carbonyl (C=O) groups is 2. The molecule has 0 radical (unpaired) electrons. The first-order valence-corrected chi connectivity index (χ1v) is 10.5. The molecule has 0 aromatic carbocycles. The van der Waals surface area contributed by atoms with E-state index in [0.717, 1.165) is 0 Å². The van der Waals surface area contributed by atoms with E-state index in [1.165, 1.54) is 10.8 Å². The first-order chi connectivity index (χ1) is 15.3. The van der Waals surface area contributed by atoms with Crippen molar-refractivity contribution < 1.29 is 38.7 Å². The number of fused-ring (bicyclic) bond motifs is 1. The van der Waals surface area contributed by atoms with Crippen LogP contribution in [0, 0.1) is 0 Å². The molecule has 3 N–H and O–H groups in total. The summed E-state index contributed by atoms with van der Waals surface area (Å²) in [5.41, 5.74) is -1.32. The van der Waals surface area contributed by atoms with Gasteiger partial charge in [-0.15, -0.1) is 0 Å². The van der Waals surface area contributed by atoms with Gasteiger partial charge < -0.3 is 29.2 Å². The van der Waals surface area contributed by atoms with Crippen LogP contribution in [0.4, 0.5) is 15.4 Å². The predicted octanol–water partition coefficient (Wildman–Crippen LogP) is 1.97. The van der Waals surface area contributed by atoms with E-state index in [1.54, 1.807) is 53.7 Å². The Morgan fingerprint density at radius 1 is 1.30 bits per heavy atom. The number of amides is 1. The van der Waals surface area contributed by atoms with E-state index in [2.05, 4.69) is 15.4 Å². The standard InChI is InChI=1S/C21H30N4O8/c1-11(2)31-18(28)24-17-12-7-8-14(25(12)23-10-22-17)21(6)16(27)15(26)13(32-21)9-30-19(29)33-20(3,4)5/h7-8,10-11,13,15-16,26-27H,9H2,1-6H3,(H,22,23,24,28)/t13-,15-,16-,21+/m1/s1. The number of nitrogens with one attached hydrogen (secondary N) is 1. The van der Waals surface area contributed by atoms with Gasteiger partial charge in [-0.1, -0.05) is 0 Å². The number of anilines is 1. The average Bonchev–Trinajstić information content (AvgIpc) is 3.21. The number of aromatic nitrogens is 3. The molecule has 12 heteroatoms. The van der Waals surface area contributed by atoms with Crippen molar-refractivity contribution in [3.63, 3.8) is 0 Å². The second kappa shape index (κ2) is 9.12. The van der Waals surface area contributed by atoms with Gasteiger partial charge in [0.2, 0.25) is 0 Å². The number of ether oxygens (including phenoxy) is 4. The van der Waals surface area contributed by atoms with Gasteiger partial charge in [0.1, 0.15) is 48.0 Å². The van der Waals surface area contributed by atoms with Crippen LogP contribution in [-0.2, 0) is 24.5 Å². The van der Waals surface area contributed by atoms with Gasteiger partial charge in [0.05, 0.1) is 11.8 Å². The molecule has 182 valence electrons. The molecule has 12 nitrogen and oxygen atoms in total. The zero-order chi connectivity index (χ0) is 24.6. The minimum atomic E-state index is -1.40. The van der Waals surface area contributed by atoms with E-state index in [0.29, 0.717) is 11.2 Å². The summed E-state index contributed by atoms with van der Waals surface area (Å²) in [6, 6.07) is 3.27. The van der Waals surface area contributed by atoms with Crippen LogP contribution < -0.4 is 5.32 Å². The summed E-state index contributed by atoms with van der Waals surface area (Å²) in [6.07, 6.45) is -4.39. The van der Waals surface area contributed by atoms with Crippen LogP contribution >= 0.6 is 0 Å². The third kappa shape index (κ3) is 5.34. The van der Waals surface area contributed by atoms with Crippen LogP contribution in [0.2, 0.25) is 0 Å². The summed E-state index contributed by atoms with van der Waals surface area (Å²) in [5.74, 6) is 0.198. The molecule has 3 heterocycles. The molecule has 0 aliphatic carbocycles. The first kappa shape index (κ1) is 24.7. The molecule has 2 aromatic rings. The molecule has 0 unspecified atom stereocenters. The monoisotopic (exact) mass is 466 g/mol. The van der Waals surface area contributed by atoms with Crippen molar-refractivity contribution in [3.8, 4) is 0 Å². The SMILES string of the molecule is CC(C)OC(=O)Nc1ncnn2c([C@]3(C)O[C@H](COC(=O)OC(C)(C)C)[C@@H](O)[C@H]3O)ccc12. The molecule has 0 saturated carbocycles. The van der Waals surface area contributed by atoms with Crippen LogP contribution in [0.1, 0.15) is 47.2 Å². The summed E-state index contributed by atoms with van der Waals surface area (Å²) in [5, 5.41) is 28.1. The lowest BCUT2D eigenvalue weighted by Gasteiger charge is -2.27. The van der Waals surface area contributed by atoms with Gasteiger partial charge in [-0.3, -0.25) is 5.32 Å². The Hall–Kier alpha value is -2.96. The van der Waals surface area contributed by atoms with Crippen molar-refractivity contribution in [2.45, 2.75) is 77.2 Å². The number of aliphatic hydroxyl groups is 2. The van der Waals surface area contributed by atoms with Gasteiger partial charge in [0.25, 0.3) is 0 Å². The minimum Gasteiger partial charge on any atom is -0.447 e. The summed E-state index contributed by atoms with van der Waals surface area (Å²) in [7, 11) is 0. The highest BCUT2D eigenvalue weighted by Gasteiger charge is 2.54. The van der Waals surface area contributed by atoms with E-state index in [-0.39, 0.29) is 18.5 Å². The number of carbonyl (C=O) groups excluding carboxylic acids is 2. The van der Waals surface area contributed by atoms with Crippen LogP contribution in [0.15, 0.2) is 18.5 Å². The van der Waals surface area contributed by atoms with E-state index < -0.39 is 41.8 Å². The van der Waals surface area contributed by atoms with Crippen molar-refractivity contribution in [2.75, 3.05) is 11.9 Å². The van der Waals surface area contributed by atoms with Crippen molar-refractivity contribution in [3.05, 3.63) is 24.2 Å². The molecule has 0 spiro atoms. The molecule has 2 aromatic heterocycles. The zero-order valence-corrected chi connectivity index (χ0v) is 19.4. The number of aliphatic hydroxyl groups excluding tert-OH is 2. The maximum atomic E-state index is 12.0. The molecule has 1 fully saturated rings. The summed E-state index contributed by atoms with van der Waals surface area (Å²) in [6.45, 7) is 9.79. The van der Waals surface area contributed by atoms with Crippen molar-refractivity contribution in [1.82, 2.24) is 14.6 Å². The Labute approximate surface area is 190 Å². The molecule has 3 rings (SSSR count). The van der Waals surface area contributed by atoms with Gasteiger partial charge in [-0.25, -0.2) is 19.1 Å². The first-order valence-electron chi connectivity index (χ1n) is 10.5. The highest BCUT2D eigenvalue weighted by Crippen LogP contribution is 2.40. The number of hydrogen-bond acceptors (Lipinski definition) is 10. The fourth-order valence-electron chi connectivity index (χ4n) is 3.50. The molecule has 1 aliphatic rings. The Balaban J connectivity index is 1.80. The third-order valence-corrected chi connectivity index (χ3v) is 4.94. The van der Waals surface area contributed by atoms with Gasteiger partial charge in [-0.05, 0) is 53.7 Å². The normalized spacial score (nSPS) is 25.3. The molecule has 0 bridgehead atoms. The van der Waals surface area contributed by atoms with Gasteiger partial charge in [-0.2, -0.15) is 5.10 Å². The predicted molar refractivity (Wildman–Crippen MR) is 115 cm³/mol. The lowest BCUT2D eigenvalue weighted by molar-refractivity contribution is -0.0975. The molecule has 1 aliphatic heterocycles. The maximum absolute atomic E-state index is 12.0. The molecule has 33 heavy (non-hydrogen) atoms. The quantitative estimate of drug-likeness (QED) is 0.557. The Morgan fingerprint density at radius 2 is 2.00 bits per heavy atom. The lowest BCUT2D eigenvalue weighted by atomic mass is 9.93. The molecular weight excluding hydrogens is 436 g/mol. The summed E-state index contributed by atoms with van der Waals surface area (Å²) in [4.78, 5) is 27.9. The van der Waals surface area contributed by atoms with Gasteiger partial charge in [0.15, 0.2) is 5.82 Å². The third-order valence-electron chi connectivity index (χ3n) is 4.94. The highest BCUT2D eigenvalue weighted by molar-refractivity contribution is 5.88. The van der Waals surface area contributed by atoms with Crippen LogP contribution in [0.3, 0.4) is 0 Å². The number of rotatable bonds is 5. The van der Waals surface area contributed by atoms with Gasteiger partial charge >= 0.3 is 12.2 Å². The average molecular weight is 466 g/mol. The Morgan fingerprint density at radius 3 is 2.64 bits per heavy atom. The van der Waals surface area contributed by atoms with Crippen molar-refractivity contribution in [2.24, 2.45) is 0 Å². The largest absolute Gasteiger partial charge is 0.508 e. The van der Waals surface area contributed by atoms with Crippen molar-refractivity contribution >= 4 is 23.6 Å². The molecule has 1 saturated heterocycles. The van der Waals surface area contributed by atoms with Crippen LogP contribution in [-0.4, -0.2) is 73.7 Å². The van der Waals surface area contributed by atoms with E-state index >= 15 is 0 Å². The summed E-state index contributed by atoms with van der Waals surface area (Å²) < 4.78 is 22.6. The second-order valence-corrected chi connectivity index (χ2v) is 9.18. The maximum Gasteiger partial charge on any atom is 0.508 e. The van der Waals surface area contributed by atoms with E-state index in [1.807, 2.05) is 0 Å². The lowest BCUT2D eigenvalue weighted by Crippen LogP contribution is -2.39.